The largest absolute Gasteiger partial charge is 0.465 e. The Morgan fingerprint density at radius 3 is 2.24 bits per heavy atom. The summed E-state index contributed by atoms with van der Waals surface area (Å²) in [6.45, 7) is 5.72. The van der Waals surface area contributed by atoms with Crippen LogP contribution in [0.3, 0.4) is 0 Å². The number of hydrogen-bond acceptors (Lipinski definition) is 5. The molecule has 0 heterocycles. The zero-order chi connectivity index (χ0) is 16.2. The highest BCUT2D eigenvalue weighted by Crippen LogP contribution is 2.18. The Morgan fingerprint density at radius 1 is 1.19 bits per heavy atom. The second-order valence-corrected chi connectivity index (χ2v) is 5.02. The average molecular weight is 294 g/mol. The van der Waals surface area contributed by atoms with Gasteiger partial charge in [-0.15, -0.1) is 0 Å². The number of ether oxygens (including phenoxy) is 1. The first-order valence-electron chi connectivity index (χ1n) is 6.45. The molecule has 0 aliphatic heterocycles. The third kappa shape index (κ3) is 4.27. The lowest BCUT2D eigenvalue weighted by atomic mass is 10.0. The van der Waals surface area contributed by atoms with E-state index in [1.165, 1.54) is 13.2 Å². The highest BCUT2D eigenvalue weighted by molar-refractivity contribution is 5.99. The van der Waals surface area contributed by atoms with Crippen LogP contribution < -0.4 is 5.32 Å². The predicted molar refractivity (Wildman–Crippen MR) is 76.2 cm³/mol. The van der Waals surface area contributed by atoms with Gasteiger partial charge in [0.15, 0.2) is 0 Å². The molecule has 0 saturated carbocycles. The summed E-state index contributed by atoms with van der Waals surface area (Å²) >= 11 is 0. The van der Waals surface area contributed by atoms with Gasteiger partial charge in [0, 0.05) is 23.7 Å². The van der Waals surface area contributed by atoms with Crippen LogP contribution in [0.15, 0.2) is 18.2 Å². The Labute approximate surface area is 122 Å². The molecule has 114 valence electrons. The molecule has 0 aliphatic rings. The molecule has 1 unspecified atom stereocenters. The quantitative estimate of drug-likeness (QED) is 0.509. The van der Waals surface area contributed by atoms with E-state index in [1.54, 1.807) is 0 Å². The van der Waals surface area contributed by atoms with Crippen LogP contribution in [0.2, 0.25) is 0 Å². The van der Waals surface area contributed by atoms with E-state index in [-0.39, 0.29) is 28.8 Å². The first kappa shape index (κ1) is 16.6. The van der Waals surface area contributed by atoms with Crippen molar-refractivity contribution in [3.8, 4) is 0 Å². The van der Waals surface area contributed by atoms with Gasteiger partial charge in [0.2, 0.25) is 0 Å². The first-order valence-corrected chi connectivity index (χ1v) is 6.45. The van der Waals surface area contributed by atoms with Gasteiger partial charge < -0.3 is 10.1 Å². The van der Waals surface area contributed by atoms with Crippen molar-refractivity contribution in [3.05, 3.63) is 39.4 Å². The minimum absolute atomic E-state index is 0.0333. The topological polar surface area (TPSA) is 98.5 Å². The van der Waals surface area contributed by atoms with Crippen molar-refractivity contribution in [1.29, 1.82) is 0 Å². The van der Waals surface area contributed by atoms with Crippen LogP contribution in [0.1, 0.15) is 41.5 Å². The van der Waals surface area contributed by atoms with Crippen molar-refractivity contribution in [2.75, 3.05) is 7.11 Å². The smallest absolute Gasteiger partial charge is 0.338 e. The molecule has 0 bridgehead atoms. The number of amides is 1. The summed E-state index contributed by atoms with van der Waals surface area (Å²) in [6, 6.07) is 3.39. The van der Waals surface area contributed by atoms with E-state index in [4.69, 9.17) is 0 Å². The Hall–Kier alpha value is -2.44. The van der Waals surface area contributed by atoms with Crippen LogP contribution in [-0.2, 0) is 4.74 Å². The van der Waals surface area contributed by atoms with Gasteiger partial charge in [0.25, 0.3) is 11.6 Å². The van der Waals surface area contributed by atoms with Gasteiger partial charge in [-0.2, -0.15) is 0 Å². The number of nitro benzene ring substituents is 1. The van der Waals surface area contributed by atoms with Crippen LogP contribution in [-0.4, -0.2) is 30.0 Å². The van der Waals surface area contributed by atoms with Crippen molar-refractivity contribution < 1.29 is 19.2 Å². The Balaban J connectivity index is 3.16. The van der Waals surface area contributed by atoms with Crippen LogP contribution in [0.4, 0.5) is 5.69 Å². The number of hydrogen-bond donors (Lipinski definition) is 1. The van der Waals surface area contributed by atoms with E-state index in [2.05, 4.69) is 10.1 Å². The molecule has 7 nitrogen and oxygen atoms in total. The highest BCUT2D eigenvalue weighted by Gasteiger charge is 2.19. The summed E-state index contributed by atoms with van der Waals surface area (Å²) in [5.41, 5.74) is -0.314. The third-order valence-electron chi connectivity index (χ3n) is 3.17. The standard InChI is InChI=1S/C14H18N2O5/c1-8(2)9(3)15-13(17)10-5-11(14(18)21-4)7-12(6-10)16(19)20/h5-9H,1-4H3,(H,15,17). The summed E-state index contributed by atoms with van der Waals surface area (Å²) in [6.07, 6.45) is 0. The lowest BCUT2D eigenvalue weighted by Crippen LogP contribution is -2.36. The minimum Gasteiger partial charge on any atom is -0.465 e. The number of methoxy groups -OCH3 is 1. The number of nitrogens with one attached hydrogen (secondary N) is 1. The average Bonchev–Trinajstić information content (AvgIpc) is 2.45. The Bertz CT molecular complexity index is 568. The summed E-state index contributed by atoms with van der Waals surface area (Å²) < 4.78 is 4.53. The number of carbonyl (C=O) groups excluding carboxylic acids is 2. The molecular weight excluding hydrogens is 276 g/mol. The summed E-state index contributed by atoms with van der Waals surface area (Å²) in [5, 5.41) is 13.6. The van der Waals surface area contributed by atoms with Gasteiger partial charge in [-0.05, 0) is 18.9 Å². The number of rotatable bonds is 5. The van der Waals surface area contributed by atoms with Crippen LogP contribution in [0.5, 0.6) is 0 Å². The Kier molecular flexibility index (Phi) is 5.40. The van der Waals surface area contributed by atoms with Gasteiger partial charge in [0.05, 0.1) is 17.6 Å². The lowest BCUT2D eigenvalue weighted by molar-refractivity contribution is -0.384. The fraction of sp³-hybridized carbons (Fsp3) is 0.429. The second kappa shape index (κ2) is 6.83. The molecular formula is C14H18N2O5. The number of benzene rings is 1. The van der Waals surface area contributed by atoms with Crippen molar-refractivity contribution in [3.63, 3.8) is 0 Å². The maximum atomic E-state index is 12.1. The molecule has 0 saturated heterocycles. The highest BCUT2D eigenvalue weighted by atomic mass is 16.6. The van der Waals surface area contributed by atoms with E-state index < -0.39 is 16.8 Å². The number of nitro groups is 1. The fourth-order valence-corrected chi connectivity index (χ4v) is 1.54. The minimum atomic E-state index is -0.732. The number of non-ortho nitro benzene ring substituents is 1. The van der Waals surface area contributed by atoms with Gasteiger partial charge in [-0.3, -0.25) is 14.9 Å². The molecule has 0 aliphatic carbocycles. The molecule has 1 atom stereocenters. The molecule has 0 fully saturated rings. The van der Waals surface area contributed by atoms with Crippen molar-refractivity contribution in [2.24, 2.45) is 5.92 Å². The third-order valence-corrected chi connectivity index (χ3v) is 3.17. The van der Waals surface area contributed by atoms with E-state index in [9.17, 15) is 19.7 Å². The van der Waals surface area contributed by atoms with E-state index in [0.717, 1.165) is 12.1 Å². The molecule has 1 rings (SSSR count). The maximum Gasteiger partial charge on any atom is 0.338 e. The van der Waals surface area contributed by atoms with Gasteiger partial charge in [0.1, 0.15) is 0 Å². The number of nitrogens with zero attached hydrogens (tertiary/aromatic N) is 1. The van der Waals surface area contributed by atoms with Gasteiger partial charge in [-0.25, -0.2) is 4.79 Å². The van der Waals surface area contributed by atoms with E-state index >= 15 is 0 Å². The molecule has 1 aromatic carbocycles. The zero-order valence-electron chi connectivity index (χ0n) is 12.4. The molecule has 0 aromatic heterocycles. The van der Waals surface area contributed by atoms with Crippen LogP contribution in [0.25, 0.3) is 0 Å². The SMILES string of the molecule is COC(=O)c1cc(C(=O)NC(C)C(C)C)cc([N+](=O)[O-])c1. The van der Waals surface area contributed by atoms with E-state index in [0.29, 0.717) is 0 Å². The first-order chi connectivity index (χ1) is 9.76. The molecule has 1 N–H and O–H groups in total. The normalized spacial score (nSPS) is 11.9. The molecule has 0 spiro atoms. The van der Waals surface area contributed by atoms with Crippen molar-refractivity contribution >= 4 is 17.6 Å². The molecule has 7 heteroatoms. The Morgan fingerprint density at radius 2 is 1.76 bits per heavy atom. The number of carbonyl (C=O) groups is 2. The van der Waals surface area contributed by atoms with E-state index in [1.807, 2.05) is 20.8 Å². The lowest BCUT2D eigenvalue weighted by Gasteiger charge is -2.17. The summed E-state index contributed by atoms with van der Waals surface area (Å²) in [4.78, 5) is 33.9. The molecule has 21 heavy (non-hydrogen) atoms. The van der Waals surface area contributed by atoms with Gasteiger partial charge >= 0.3 is 5.97 Å². The molecule has 0 radical (unpaired) electrons. The summed E-state index contributed by atoms with van der Waals surface area (Å²) in [7, 11) is 1.17. The predicted octanol–water partition coefficient (Wildman–Crippen LogP) is 2.16. The van der Waals surface area contributed by atoms with Crippen LogP contribution >= 0.6 is 0 Å². The summed E-state index contributed by atoms with van der Waals surface area (Å²) in [5.74, 6) is -0.984. The maximum absolute atomic E-state index is 12.1. The zero-order valence-corrected chi connectivity index (χ0v) is 12.4. The van der Waals surface area contributed by atoms with Gasteiger partial charge in [-0.1, -0.05) is 13.8 Å². The van der Waals surface area contributed by atoms with Crippen LogP contribution in [0, 0.1) is 16.0 Å². The number of esters is 1. The second-order valence-electron chi connectivity index (χ2n) is 5.02. The fourth-order valence-electron chi connectivity index (χ4n) is 1.54. The molecule has 1 amide bonds. The van der Waals surface area contributed by atoms with Crippen molar-refractivity contribution in [2.45, 2.75) is 26.8 Å². The van der Waals surface area contributed by atoms with Crippen molar-refractivity contribution in [1.82, 2.24) is 5.32 Å². The molecule has 1 aromatic rings. The monoisotopic (exact) mass is 294 g/mol.